The zero-order chi connectivity index (χ0) is 31.6. The summed E-state index contributed by atoms with van der Waals surface area (Å²) in [4.78, 5) is 30.3. The first kappa shape index (κ1) is 33.6. The maximum absolute atomic E-state index is 14.1. The van der Waals surface area contributed by atoms with Crippen LogP contribution in [0.1, 0.15) is 64.9 Å². The molecule has 9 nitrogen and oxygen atoms in total. The number of aliphatic imine (C=N–C) groups is 1. The standard InChI is InChI=1S/C30H37ClN6O3.C4H10/c1-19(33-20(2)39-4)22-5-6-25(27(31)16-22)26-15-23-17-32-30(34-24-9-13-40-14-10-24)35-28(23)37(29(26)38)18-21-7-11-36(3)12-8-21;1-3-4-2/h5-6,15-17,21,24H,1,7-14,18H2,2-4H3,(H,32,34,35);3-4H2,1-2H3. The molecule has 0 amide bonds. The van der Waals surface area contributed by atoms with Crippen LogP contribution in [0, 0.1) is 5.92 Å². The molecule has 2 aliphatic rings. The molecule has 238 valence electrons. The van der Waals surface area contributed by atoms with Gasteiger partial charge < -0.3 is 19.7 Å². The molecule has 0 unspecified atom stereocenters. The predicted molar refractivity (Wildman–Crippen MR) is 182 cm³/mol. The summed E-state index contributed by atoms with van der Waals surface area (Å²) in [5.41, 5.74) is 2.99. The maximum atomic E-state index is 14.1. The van der Waals surface area contributed by atoms with Gasteiger partial charge in [0.05, 0.1) is 12.8 Å². The van der Waals surface area contributed by atoms with Gasteiger partial charge in [-0.15, -0.1) is 0 Å². The molecule has 3 aromatic rings. The molecule has 1 aromatic carbocycles. The highest BCUT2D eigenvalue weighted by Crippen LogP contribution is 2.31. The average Bonchev–Trinajstić information content (AvgIpc) is 3.04. The van der Waals surface area contributed by atoms with Crippen molar-refractivity contribution in [3.05, 3.63) is 58.0 Å². The number of piperidine rings is 1. The Hall–Kier alpha value is -3.27. The third-order valence-corrected chi connectivity index (χ3v) is 8.65. The van der Waals surface area contributed by atoms with Gasteiger partial charge in [0.1, 0.15) is 5.65 Å². The minimum Gasteiger partial charge on any atom is -0.484 e. The largest absolute Gasteiger partial charge is 0.484 e. The van der Waals surface area contributed by atoms with Crippen LogP contribution in [0.2, 0.25) is 5.02 Å². The number of anilines is 1. The van der Waals surface area contributed by atoms with Crippen LogP contribution in [0.25, 0.3) is 27.9 Å². The summed E-state index contributed by atoms with van der Waals surface area (Å²) in [6.45, 7) is 14.2. The average molecular weight is 623 g/mol. The van der Waals surface area contributed by atoms with E-state index in [0.717, 1.165) is 62.9 Å². The van der Waals surface area contributed by atoms with E-state index >= 15 is 0 Å². The SMILES string of the molecule is C=C(N=C(C)OC)c1ccc(-c2cc3cnc(NC4CCOCC4)nc3n(CC3CCN(C)CC3)c2=O)c(Cl)c1.CCCC. The van der Waals surface area contributed by atoms with Crippen molar-refractivity contribution in [2.24, 2.45) is 10.9 Å². The highest BCUT2D eigenvalue weighted by Gasteiger charge is 2.22. The Morgan fingerprint density at radius 2 is 1.84 bits per heavy atom. The molecule has 0 bridgehead atoms. The van der Waals surface area contributed by atoms with E-state index in [0.29, 0.717) is 51.8 Å². The molecule has 2 aromatic heterocycles. The van der Waals surface area contributed by atoms with Gasteiger partial charge in [-0.2, -0.15) is 4.98 Å². The topological polar surface area (TPSA) is 93.9 Å². The highest BCUT2D eigenvalue weighted by molar-refractivity contribution is 6.33. The van der Waals surface area contributed by atoms with Gasteiger partial charge in [0.2, 0.25) is 5.95 Å². The third kappa shape index (κ3) is 8.67. The van der Waals surface area contributed by atoms with Crippen LogP contribution in [0.4, 0.5) is 5.95 Å². The first-order valence-corrected chi connectivity index (χ1v) is 16.1. The van der Waals surface area contributed by atoms with Crippen LogP contribution in [-0.4, -0.2) is 71.8 Å². The summed E-state index contributed by atoms with van der Waals surface area (Å²) in [5.74, 6) is 1.43. The smallest absolute Gasteiger partial charge is 0.260 e. The molecule has 2 aliphatic heterocycles. The van der Waals surface area contributed by atoms with Crippen molar-refractivity contribution in [1.29, 1.82) is 0 Å². The normalized spacial score (nSPS) is 16.8. The first-order valence-electron chi connectivity index (χ1n) is 15.8. The van der Waals surface area contributed by atoms with Gasteiger partial charge >= 0.3 is 0 Å². The zero-order valence-corrected chi connectivity index (χ0v) is 27.6. The second-order valence-corrected chi connectivity index (χ2v) is 12.1. The second kappa shape index (κ2) is 16.2. The summed E-state index contributed by atoms with van der Waals surface area (Å²) in [6, 6.07) is 7.62. The summed E-state index contributed by atoms with van der Waals surface area (Å²) in [7, 11) is 3.70. The van der Waals surface area contributed by atoms with Gasteiger partial charge in [0.25, 0.3) is 5.56 Å². The molecule has 44 heavy (non-hydrogen) atoms. The van der Waals surface area contributed by atoms with Gasteiger partial charge in [-0.25, -0.2) is 9.98 Å². The van der Waals surface area contributed by atoms with E-state index in [-0.39, 0.29) is 11.6 Å². The van der Waals surface area contributed by atoms with E-state index in [1.165, 1.54) is 12.8 Å². The van der Waals surface area contributed by atoms with E-state index in [9.17, 15) is 4.79 Å². The molecule has 2 saturated heterocycles. The van der Waals surface area contributed by atoms with Crippen molar-refractivity contribution in [1.82, 2.24) is 19.4 Å². The highest BCUT2D eigenvalue weighted by atomic mass is 35.5. The fourth-order valence-electron chi connectivity index (χ4n) is 5.33. The summed E-state index contributed by atoms with van der Waals surface area (Å²) in [5, 5.41) is 4.69. The first-order chi connectivity index (χ1) is 21.2. The van der Waals surface area contributed by atoms with Crippen LogP contribution >= 0.6 is 11.6 Å². The third-order valence-electron chi connectivity index (χ3n) is 8.34. The number of nitrogens with zero attached hydrogens (tertiary/aromatic N) is 5. The number of hydrogen-bond acceptors (Lipinski definition) is 8. The summed E-state index contributed by atoms with van der Waals surface area (Å²) < 4.78 is 12.5. The number of fused-ring (bicyclic) bond motifs is 1. The van der Waals surface area contributed by atoms with Crippen molar-refractivity contribution in [3.8, 4) is 11.1 Å². The Kier molecular flexibility index (Phi) is 12.3. The van der Waals surface area contributed by atoms with Crippen molar-refractivity contribution in [2.75, 3.05) is 45.8 Å². The van der Waals surface area contributed by atoms with Gasteiger partial charge in [0.15, 0.2) is 5.90 Å². The van der Waals surface area contributed by atoms with Gasteiger partial charge in [-0.1, -0.05) is 57.0 Å². The molecule has 1 N–H and O–H groups in total. The molecule has 0 spiro atoms. The molecular formula is C34H47ClN6O3. The number of benzene rings is 1. The van der Waals surface area contributed by atoms with Gasteiger partial charge in [-0.3, -0.25) is 9.36 Å². The molecule has 4 heterocycles. The minimum absolute atomic E-state index is 0.108. The Bertz CT molecular complexity index is 1500. The van der Waals surface area contributed by atoms with Crippen LogP contribution in [0.3, 0.4) is 0 Å². The lowest BCUT2D eigenvalue weighted by atomic mass is 9.96. The zero-order valence-electron chi connectivity index (χ0n) is 26.9. The van der Waals surface area contributed by atoms with Crippen LogP contribution in [0.15, 0.2) is 46.8 Å². The quantitative estimate of drug-likeness (QED) is 0.216. The molecule has 5 rings (SSSR count). The van der Waals surface area contributed by atoms with E-state index < -0.39 is 0 Å². The number of halogens is 1. The Labute approximate surface area is 266 Å². The van der Waals surface area contributed by atoms with Crippen molar-refractivity contribution >= 4 is 40.2 Å². The lowest BCUT2D eigenvalue weighted by Gasteiger charge is -2.29. The number of hydrogen-bond donors (Lipinski definition) is 1. The van der Waals surface area contributed by atoms with E-state index in [1.807, 2.05) is 22.8 Å². The number of unbranched alkanes of at least 4 members (excludes halogenated alkanes) is 1. The van der Waals surface area contributed by atoms with E-state index in [1.54, 1.807) is 26.3 Å². The Morgan fingerprint density at radius 3 is 2.48 bits per heavy atom. The number of methoxy groups -OCH3 is 1. The number of pyridine rings is 1. The lowest BCUT2D eigenvalue weighted by Crippen LogP contribution is -2.34. The van der Waals surface area contributed by atoms with Gasteiger partial charge in [0, 0.05) is 66.0 Å². The number of likely N-dealkylation sites (tertiary alicyclic amines) is 1. The number of ether oxygens (including phenoxy) is 2. The lowest BCUT2D eigenvalue weighted by molar-refractivity contribution is 0.0903. The predicted octanol–water partition coefficient (Wildman–Crippen LogP) is 6.89. The van der Waals surface area contributed by atoms with E-state index in [4.69, 9.17) is 26.1 Å². The second-order valence-electron chi connectivity index (χ2n) is 11.7. The van der Waals surface area contributed by atoms with Crippen molar-refractivity contribution < 1.29 is 9.47 Å². The Balaban J connectivity index is 0.00000104. The fourth-order valence-corrected chi connectivity index (χ4v) is 5.61. The Morgan fingerprint density at radius 1 is 1.14 bits per heavy atom. The molecular weight excluding hydrogens is 576 g/mol. The van der Waals surface area contributed by atoms with Crippen molar-refractivity contribution in [2.45, 2.75) is 71.9 Å². The van der Waals surface area contributed by atoms with Crippen LogP contribution in [-0.2, 0) is 16.0 Å². The van der Waals surface area contributed by atoms with Gasteiger partial charge in [-0.05, 0) is 63.9 Å². The molecule has 0 radical (unpaired) electrons. The summed E-state index contributed by atoms with van der Waals surface area (Å²) in [6.07, 6.45) is 8.31. The minimum atomic E-state index is -0.108. The maximum Gasteiger partial charge on any atom is 0.260 e. The van der Waals surface area contributed by atoms with E-state index in [2.05, 4.69) is 47.7 Å². The summed E-state index contributed by atoms with van der Waals surface area (Å²) >= 11 is 6.77. The van der Waals surface area contributed by atoms with Crippen LogP contribution in [0.5, 0.6) is 0 Å². The molecule has 0 atom stereocenters. The molecule has 10 heteroatoms. The fraction of sp³-hybridized carbons (Fsp3) is 0.529. The monoisotopic (exact) mass is 622 g/mol. The number of nitrogens with one attached hydrogen (secondary N) is 1. The molecule has 0 saturated carbocycles. The van der Waals surface area contributed by atoms with Crippen molar-refractivity contribution in [3.63, 3.8) is 0 Å². The number of aromatic nitrogens is 3. The number of rotatable bonds is 8. The molecule has 2 fully saturated rings. The van der Waals surface area contributed by atoms with Crippen LogP contribution < -0.4 is 10.9 Å². The molecule has 0 aliphatic carbocycles.